The lowest BCUT2D eigenvalue weighted by atomic mass is 10.1. The number of benzene rings is 1. The van der Waals surface area contributed by atoms with E-state index in [4.69, 9.17) is 0 Å². The molecule has 1 amide bonds. The SMILES string of the molecule is O=C(NCC1=CCNCC1)c1cc([N+](=O)[O-])ccc1F. The van der Waals surface area contributed by atoms with E-state index in [1.807, 2.05) is 6.08 Å². The number of nitro benzene ring substituents is 1. The predicted molar refractivity (Wildman–Crippen MR) is 71.0 cm³/mol. The van der Waals surface area contributed by atoms with Gasteiger partial charge in [-0.2, -0.15) is 0 Å². The summed E-state index contributed by atoms with van der Waals surface area (Å²) >= 11 is 0. The van der Waals surface area contributed by atoms with Gasteiger partial charge in [0, 0.05) is 25.2 Å². The van der Waals surface area contributed by atoms with Crippen molar-refractivity contribution in [1.29, 1.82) is 0 Å². The highest BCUT2D eigenvalue weighted by Crippen LogP contribution is 2.16. The summed E-state index contributed by atoms with van der Waals surface area (Å²) in [6, 6.07) is 2.90. The molecule has 2 rings (SSSR count). The molecule has 2 N–H and O–H groups in total. The largest absolute Gasteiger partial charge is 0.348 e. The van der Waals surface area contributed by atoms with Gasteiger partial charge in [-0.1, -0.05) is 11.6 Å². The molecule has 0 aromatic heterocycles. The Morgan fingerprint density at radius 1 is 1.50 bits per heavy atom. The molecule has 0 aliphatic carbocycles. The lowest BCUT2D eigenvalue weighted by Gasteiger charge is -2.14. The van der Waals surface area contributed by atoms with Crippen LogP contribution in [0.5, 0.6) is 0 Å². The highest BCUT2D eigenvalue weighted by atomic mass is 19.1. The van der Waals surface area contributed by atoms with Crippen molar-refractivity contribution in [3.63, 3.8) is 0 Å². The number of rotatable bonds is 4. The monoisotopic (exact) mass is 279 g/mol. The van der Waals surface area contributed by atoms with Gasteiger partial charge < -0.3 is 10.6 Å². The van der Waals surface area contributed by atoms with Gasteiger partial charge in [0.2, 0.25) is 0 Å². The first-order valence-corrected chi connectivity index (χ1v) is 6.18. The van der Waals surface area contributed by atoms with Gasteiger partial charge in [0.1, 0.15) is 5.82 Å². The summed E-state index contributed by atoms with van der Waals surface area (Å²) in [5, 5.41) is 16.3. The second kappa shape index (κ2) is 6.25. The van der Waals surface area contributed by atoms with Crippen LogP contribution in [0.1, 0.15) is 16.8 Å². The van der Waals surface area contributed by atoms with Crippen LogP contribution in [0.3, 0.4) is 0 Å². The lowest BCUT2D eigenvalue weighted by Crippen LogP contribution is -2.30. The molecule has 0 bridgehead atoms. The van der Waals surface area contributed by atoms with E-state index in [1.54, 1.807) is 0 Å². The maximum Gasteiger partial charge on any atom is 0.270 e. The van der Waals surface area contributed by atoms with Crippen LogP contribution in [0, 0.1) is 15.9 Å². The number of nitro groups is 1. The van der Waals surface area contributed by atoms with Crippen molar-refractivity contribution in [3.8, 4) is 0 Å². The minimum atomic E-state index is -0.771. The van der Waals surface area contributed by atoms with E-state index in [2.05, 4.69) is 10.6 Å². The van der Waals surface area contributed by atoms with Crippen LogP contribution in [-0.2, 0) is 0 Å². The van der Waals surface area contributed by atoms with E-state index in [0.29, 0.717) is 6.54 Å². The van der Waals surface area contributed by atoms with Crippen molar-refractivity contribution in [2.45, 2.75) is 6.42 Å². The first-order valence-electron chi connectivity index (χ1n) is 6.18. The summed E-state index contributed by atoms with van der Waals surface area (Å²) in [7, 11) is 0. The zero-order valence-electron chi connectivity index (χ0n) is 10.7. The number of hydrogen-bond donors (Lipinski definition) is 2. The van der Waals surface area contributed by atoms with Crippen molar-refractivity contribution in [1.82, 2.24) is 10.6 Å². The molecule has 0 saturated carbocycles. The van der Waals surface area contributed by atoms with Crippen LogP contribution in [0.15, 0.2) is 29.8 Å². The maximum atomic E-state index is 13.5. The Balaban J connectivity index is 2.06. The molecule has 0 atom stereocenters. The first kappa shape index (κ1) is 14.1. The van der Waals surface area contributed by atoms with E-state index < -0.39 is 16.6 Å². The molecule has 1 aromatic rings. The summed E-state index contributed by atoms with van der Waals surface area (Å²) < 4.78 is 13.5. The zero-order chi connectivity index (χ0) is 14.5. The van der Waals surface area contributed by atoms with E-state index in [-0.39, 0.29) is 11.3 Å². The standard InChI is InChI=1S/C13H14FN3O3/c14-12-2-1-10(17(19)20)7-11(12)13(18)16-8-9-3-5-15-6-4-9/h1-3,7,15H,4-6,8H2,(H,16,18). The van der Waals surface area contributed by atoms with Crippen molar-refractivity contribution in [2.75, 3.05) is 19.6 Å². The Kier molecular flexibility index (Phi) is 4.41. The molecule has 6 nitrogen and oxygen atoms in total. The Hall–Kier alpha value is -2.28. The second-order valence-electron chi connectivity index (χ2n) is 4.42. The molecule has 0 fully saturated rings. The van der Waals surface area contributed by atoms with Crippen LogP contribution < -0.4 is 10.6 Å². The number of non-ortho nitro benzene ring substituents is 1. The molecule has 0 saturated heterocycles. The van der Waals surface area contributed by atoms with Gasteiger partial charge in [-0.25, -0.2) is 4.39 Å². The zero-order valence-corrected chi connectivity index (χ0v) is 10.7. The van der Waals surface area contributed by atoms with Crippen molar-refractivity contribution >= 4 is 11.6 Å². The highest BCUT2D eigenvalue weighted by Gasteiger charge is 2.17. The van der Waals surface area contributed by atoms with Crippen molar-refractivity contribution < 1.29 is 14.1 Å². The normalized spacial score (nSPS) is 14.6. The van der Waals surface area contributed by atoms with Crippen LogP contribution in [0.2, 0.25) is 0 Å². The molecule has 1 heterocycles. The van der Waals surface area contributed by atoms with Gasteiger partial charge in [0.05, 0.1) is 10.5 Å². The summed E-state index contributed by atoms with van der Waals surface area (Å²) in [6.45, 7) is 1.91. The van der Waals surface area contributed by atoms with E-state index in [0.717, 1.165) is 43.3 Å². The van der Waals surface area contributed by atoms with E-state index in [1.165, 1.54) is 0 Å². The van der Waals surface area contributed by atoms with Gasteiger partial charge in [-0.3, -0.25) is 14.9 Å². The average Bonchev–Trinajstić information content (AvgIpc) is 2.46. The quantitative estimate of drug-likeness (QED) is 0.495. The molecule has 0 spiro atoms. The van der Waals surface area contributed by atoms with Gasteiger partial charge in [0.25, 0.3) is 11.6 Å². The lowest BCUT2D eigenvalue weighted by molar-refractivity contribution is -0.384. The van der Waals surface area contributed by atoms with Crippen LogP contribution in [0.25, 0.3) is 0 Å². The molecule has 0 radical (unpaired) electrons. The van der Waals surface area contributed by atoms with Gasteiger partial charge in [-0.15, -0.1) is 0 Å². The molecule has 0 unspecified atom stereocenters. The van der Waals surface area contributed by atoms with Gasteiger partial charge >= 0.3 is 0 Å². The molecule has 20 heavy (non-hydrogen) atoms. The number of amides is 1. The number of carbonyl (C=O) groups is 1. The number of halogens is 1. The third kappa shape index (κ3) is 3.39. The average molecular weight is 279 g/mol. The van der Waals surface area contributed by atoms with E-state index >= 15 is 0 Å². The first-order chi connectivity index (χ1) is 9.58. The summed E-state index contributed by atoms with van der Waals surface area (Å²) in [5.41, 5.74) is 0.439. The third-order valence-electron chi connectivity index (χ3n) is 3.04. The fourth-order valence-electron chi connectivity index (χ4n) is 1.92. The Morgan fingerprint density at radius 2 is 2.30 bits per heavy atom. The van der Waals surface area contributed by atoms with Crippen molar-refractivity contribution in [3.05, 3.63) is 51.3 Å². The molecule has 1 aromatic carbocycles. The fourth-order valence-corrected chi connectivity index (χ4v) is 1.92. The smallest absolute Gasteiger partial charge is 0.270 e. The maximum absolute atomic E-state index is 13.5. The molecular weight excluding hydrogens is 265 g/mol. The summed E-state index contributed by atoms with van der Waals surface area (Å²) in [5.74, 6) is -1.42. The fraction of sp³-hybridized carbons (Fsp3) is 0.308. The Morgan fingerprint density at radius 3 is 2.95 bits per heavy atom. The molecule has 106 valence electrons. The Bertz CT molecular complexity index is 572. The Labute approximate surface area is 114 Å². The van der Waals surface area contributed by atoms with Crippen LogP contribution in [0.4, 0.5) is 10.1 Å². The van der Waals surface area contributed by atoms with Gasteiger partial charge in [-0.05, 0) is 19.0 Å². The molecular formula is C13H14FN3O3. The highest BCUT2D eigenvalue weighted by molar-refractivity contribution is 5.95. The van der Waals surface area contributed by atoms with Gasteiger partial charge in [0.15, 0.2) is 0 Å². The number of nitrogens with zero attached hydrogens (tertiary/aromatic N) is 1. The number of nitrogens with one attached hydrogen (secondary N) is 2. The molecule has 1 aliphatic rings. The summed E-state index contributed by atoms with van der Waals surface area (Å²) in [4.78, 5) is 21.8. The van der Waals surface area contributed by atoms with E-state index in [9.17, 15) is 19.3 Å². The molecule has 1 aliphatic heterocycles. The topological polar surface area (TPSA) is 84.3 Å². The second-order valence-corrected chi connectivity index (χ2v) is 4.42. The number of carbonyl (C=O) groups excluding carboxylic acids is 1. The third-order valence-corrected chi connectivity index (χ3v) is 3.04. The van der Waals surface area contributed by atoms with Crippen molar-refractivity contribution in [2.24, 2.45) is 0 Å². The predicted octanol–water partition coefficient (Wildman–Crippen LogP) is 1.38. The summed E-state index contributed by atoms with van der Waals surface area (Å²) in [6.07, 6.45) is 2.78. The van der Waals surface area contributed by atoms with Crippen LogP contribution >= 0.6 is 0 Å². The number of hydrogen-bond acceptors (Lipinski definition) is 4. The minimum absolute atomic E-state index is 0.308. The molecule has 7 heteroatoms. The van der Waals surface area contributed by atoms with Crippen LogP contribution in [-0.4, -0.2) is 30.5 Å². The minimum Gasteiger partial charge on any atom is -0.348 e.